The zero-order valence-corrected chi connectivity index (χ0v) is 13.4. The van der Waals surface area contributed by atoms with Crippen molar-refractivity contribution in [2.24, 2.45) is 11.1 Å². The van der Waals surface area contributed by atoms with Crippen molar-refractivity contribution in [3.05, 3.63) is 30.1 Å². The largest absolute Gasteiger partial charge is 0.335 e. The minimum absolute atomic E-state index is 0.0624. The summed E-state index contributed by atoms with van der Waals surface area (Å²) in [5.41, 5.74) is 7.40. The Balaban J connectivity index is 1.93. The van der Waals surface area contributed by atoms with Gasteiger partial charge in [-0.05, 0) is 36.3 Å². The van der Waals surface area contributed by atoms with Gasteiger partial charge in [0.05, 0.1) is 0 Å². The first-order chi connectivity index (χ1) is 9.85. The molecule has 0 bridgehead atoms. The average Bonchev–Trinajstić information content (AvgIpc) is 3.18. The van der Waals surface area contributed by atoms with Crippen molar-refractivity contribution in [1.82, 2.24) is 9.88 Å². The summed E-state index contributed by atoms with van der Waals surface area (Å²) < 4.78 is 0. The summed E-state index contributed by atoms with van der Waals surface area (Å²) in [6, 6.07) is 4.27. The second-order valence-electron chi connectivity index (χ2n) is 7.34. The van der Waals surface area contributed by atoms with Crippen LogP contribution in [-0.4, -0.2) is 27.9 Å². The molecule has 1 heterocycles. The van der Waals surface area contributed by atoms with Crippen LogP contribution in [0.4, 0.5) is 0 Å². The number of carbonyl (C=O) groups is 1. The van der Waals surface area contributed by atoms with E-state index in [9.17, 15) is 4.79 Å². The van der Waals surface area contributed by atoms with Crippen LogP contribution in [0.25, 0.3) is 0 Å². The fourth-order valence-corrected chi connectivity index (χ4v) is 2.70. The monoisotopic (exact) mass is 289 g/mol. The van der Waals surface area contributed by atoms with E-state index in [2.05, 4.69) is 25.8 Å². The molecule has 1 aliphatic rings. The molecule has 1 saturated carbocycles. The summed E-state index contributed by atoms with van der Waals surface area (Å²) in [5, 5.41) is 0. The number of aromatic nitrogens is 1. The molecule has 0 aromatic carbocycles. The molecule has 0 radical (unpaired) electrons. The first kappa shape index (κ1) is 16.0. The molecule has 1 amide bonds. The van der Waals surface area contributed by atoms with Gasteiger partial charge in [0, 0.05) is 37.4 Å². The van der Waals surface area contributed by atoms with Crippen LogP contribution in [-0.2, 0) is 11.3 Å². The van der Waals surface area contributed by atoms with Gasteiger partial charge in [-0.15, -0.1) is 0 Å². The smallest absolute Gasteiger partial charge is 0.224 e. The van der Waals surface area contributed by atoms with E-state index in [1.807, 2.05) is 23.2 Å². The van der Waals surface area contributed by atoms with Gasteiger partial charge in [0.1, 0.15) is 0 Å². The van der Waals surface area contributed by atoms with Crippen LogP contribution < -0.4 is 5.73 Å². The lowest BCUT2D eigenvalue weighted by Gasteiger charge is -2.27. The van der Waals surface area contributed by atoms with Crippen molar-refractivity contribution < 1.29 is 4.79 Å². The van der Waals surface area contributed by atoms with Gasteiger partial charge in [-0.3, -0.25) is 9.78 Å². The SMILES string of the molecule is CC(C)(C)CC(N)CC(=O)N(Cc1cccnc1)C1CC1. The number of hydrogen-bond donors (Lipinski definition) is 1. The Morgan fingerprint density at radius 1 is 1.48 bits per heavy atom. The molecular formula is C17H27N3O. The van der Waals surface area contributed by atoms with Crippen LogP contribution in [0.15, 0.2) is 24.5 Å². The summed E-state index contributed by atoms with van der Waals surface area (Å²) >= 11 is 0. The van der Waals surface area contributed by atoms with E-state index in [1.54, 1.807) is 6.20 Å². The van der Waals surface area contributed by atoms with Gasteiger partial charge in [0.25, 0.3) is 0 Å². The van der Waals surface area contributed by atoms with E-state index in [4.69, 9.17) is 5.73 Å². The topological polar surface area (TPSA) is 59.2 Å². The molecule has 21 heavy (non-hydrogen) atoms. The lowest BCUT2D eigenvalue weighted by atomic mass is 9.87. The average molecular weight is 289 g/mol. The number of rotatable bonds is 6. The molecule has 2 rings (SSSR count). The highest BCUT2D eigenvalue weighted by atomic mass is 16.2. The number of nitrogens with zero attached hydrogens (tertiary/aromatic N) is 2. The molecule has 1 aliphatic carbocycles. The van der Waals surface area contributed by atoms with E-state index in [1.165, 1.54) is 0 Å². The number of nitrogens with two attached hydrogens (primary N) is 1. The molecule has 1 unspecified atom stereocenters. The molecule has 1 aromatic rings. The predicted molar refractivity (Wildman–Crippen MR) is 84.5 cm³/mol. The molecule has 1 fully saturated rings. The number of amides is 1. The van der Waals surface area contributed by atoms with Crippen molar-refractivity contribution >= 4 is 5.91 Å². The van der Waals surface area contributed by atoms with Gasteiger partial charge >= 0.3 is 0 Å². The molecule has 2 N–H and O–H groups in total. The van der Waals surface area contributed by atoms with Crippen LogP contribution in [0, 0.1) is 5.41 Å². The van der Waals surface area contributed by atoms with Crippen molar-refractivity contribution in [3.63, 3.8) is 0 Å². The Hall–Kier alpha value is -1.42. The molecule has 4 nitrogen and oxygen atoms in total. The Bertz CT molecular complexity index is 463. The molecule has 116 valence electrons. The zero-order valence-electron chi connectivity index (χ0n) is 13.4. The Morgan fingerprint density at radius 2 is 2.19 bits per heavy atom. The first-order valence-corrected chi connectivity index (χ1v) is 7.79. The summed E-state index contributed by atoms with van der Waals surface area (Å²) in [7, 11) is 0. The third-order valence-electron chi connectivity index (χ3n) is 3.70. The van der Waals surface area contributed by atoms with E-state index >= 15 is 0 Å². The fourth-order valence-electron chi connectivity index (χ4n) is 2.70. The molecule has 4 heteroatoms. The van der Waals surface area contributed by atoms with E-state index in [-0.39, 0.29) is 17.4 Å². The lowest BCUT2D eigenvalue weighted by molar-refractivity contribution is -0.132. The van der Waals surface area contributed by atoms with Gasteiger partial charge in [-0.25, -0.2) is 0 Å². The standard InChI is InChI=1S/C17H27N3O/c1-17(2,3)10-14(18)9-16(21)20(15-6-7-15)12-13-5-4-8-19-11-13/h4-5,8,11,14-15H,6-7,9-10,12,18H2,1-3H3. The minimum Gasteiger partial charge on any atom is -0.335 e. The maximum Gasteiger partial charge on any atom is 0.224 e. The molecule has 0 aliphatic heterocycles. The summed E-state index contributed by atoms with van der Waals surface area (Å²) in [6.07, 6.45) is 7.11. The molecule has 1 atom stereocenters. The maximum atomic E-state index is 12.6. The second kappa shape index (κ2) is 6.56. The van der Waals surface area contributed by atoms with E-state index in [0.717, 1.165) is 24.8 Å². The maximum absolute atomic E-state index is 12.6. The number of carbonyl (C=O) groups excluding carboxylic acids is 1. The number of pyridine rings is 1. The molecule has 0 spiro atoms. The lowest BCUT2D eigenvalue weighted by Crippen LogP contribution is -2.38. The highest BCUT2D eigenvalue weighted by Crippen LogP contribution is 2.29. The van der Waals surface area contributed by atoms with Gasteiger partial charge in [0.2, 0.25) is 5.91 Å². The fraction of sp³-hybridized carbons (Fsp3) is 0.647. The summed E-state index contributed by atoms with van der Waals surface area (Å²) in [6.45, 7) is 7.13. The van der Waals surface area contributed by atoms with Crippen LogP contribution in [0.1, 0.15) is 52.0 Å². The predicted octanol–water partition coefficient (Wildman–Crippen LogP) is 2.73. The summed E-state index contributed by atoms with van der Waals surface area (Å²) in [4.78, 5) is 18.7. The third kappa shape index (κ3) is 5.46. The van der Waals surface area contributed by atoms with E-state index < -0.39 is 0 Å². The van der Waals surface area contributed by atoms with Crippen LogP contribution in [0.2, 0.25) is 0 Å². The molecule has 0 saturated heterocycles. The van der Waals surface area contributed by atoms with Crippen molar-refractivity contribution in [1.29, 1.82) is 0 Å². The molecular weight excluding hydrogens is 262 g/mol. The van der Waals surface area contributed by atoms with E-state index in [0.29, 0.717) is 19.0 Å². The van der Waals surface area contributed by atoms with Crippen LogP contribution in [0.5, 0.6) is 0 Å². The third-order valence-corrected chi connectivity index (χ3v) is 3.70. The highest BCUT2D eigenvalue weighted by molar-refractivity contribution is 5.77. The minimum atomic E-state index is -0.0624. The Kier molecular flexibility index (Phi) is 4.99. The normalized spacial score (nSPS) is 16.6. The van der Waals surface area contributed by atoms with Crippen molar-refractivity contribution in [2.75, 3.05) is 0 Å². The van der Waals surface area contributed by atoms with Crippen molar-refractivity contribution in [2.45, 2.75) is 65.1 Å². The second-order valence-corrected chi connectivity index (χ2v) is 7.34. The van der Waals surface area contributed by atoms with Gasteiger partial charge in [-0.2, -0.15) is 0 Å². The Morgan fingerprint density at radius 3 is 2.71 bits per heavy atom. The van der Waals surface area contributed by atoms with Gasteiger partial charge in [-0.1, -0.05) is 26.8 Å². The quantitative estimate of drug-likeness (QED) is 0.876. The highest BCUT2D eigenvalue weighted by Gasteiger charge is 2.33. The van der Waals surface area contributed by atoms with Gasteiger partial charge in [0.15, 0.2) is 0 Å². The van der Waals surface area contributed by atoms with Gasteiger partial charge < -0.3 is 10.6 Å². The molecule has 1 aromatic heterocycles. The zero-order chi connectivity index (χ0) is 15.5. The Labute approximate surface area is 127 Å². The first-order valence-electron chi connectivity index (χ1n) is 7.79. The summed E-state index contributed by atoms with van der Waals surface area (Å²) in [5.74, 6) is 0.179. The van der Waals surface area contributed by atoms with Crippen LogP contribution >= 0.6 is 0 Å². The van der Waals surface area contributed by atoms with Crippen LogP contribution in [0.3, 0.4) is 0 Å². The van der Waals surface area contributed by atoms with Crippen molar-refractivity contribution in [3.8, 4) is 0 Å². The number of hydrogen-bond acceptors (Lipinski definition) is 3.